The Morgan fingerprint density at radius 2 is 1.13 bits per heavy atom. The first-order valence-electron chi connectivity index (χ1n) is 12.6. The van der Waals surface area contributed by atoms with E-state index in [0.29, 0.717) is 48.2 Å². The topological polar surface area (TPSA) is 108 Å². The molecule has 0 N–H and O–H groups in total. The minimum absolute atomic E-state index is 0.134. The van der Waals surface area contributed by atoms with Gasteiger partial charge in [-0.15, -0.1) is 0 Å². The van der Waals surface area contributed by atoms with Crippen LogP contribution in [0.15, 0.2) is 54.6 Å². The van der Waals surface area contributed by atoms with Crippen LogP contribution in [0, 0.1) is 0 Å². The maximum Gasteiger partial charge on any atom is 0.333 e. The zero-order valence-electron chi connectivity index (χ0n) is 23.0. The van der Waals surface area contributed by atoms with Crippen molar-refractivity contribution in [1.82, 2.24) is 0 Å². The van der Waals surface area contributed by atoms with Gasteiger partial charge in [-0.2, -0.15) is 0 Å². The summed E-state index contributed by atoms with van der Waals surface area (Å²) < 4.78 is 44.2. The first kappa shape index (κ1) is 31.6. The Bertz CT molecular complexity index is 1090. The van der Waals surface area contributed by atoms with E-state index in [0.717, 1.165) is 10.8 Å². The van der Waals surface area contributed by atoms with Gasteiger partial charge in [0.25, 0.3) is 0 Å². The standard InChI is InChI=1S/C29H38O10/c1-21(2)28(30)38-18-13-33-11-16-35-25-20-26(36-15-10-32-5)27(24-9-7-6-8-23(24)25)37-17-12-34-14-19-39-29(31)22(3)4/h6-9,20H,1,3,10-19H2,2,4-5H3. The van der Waals surface area contributed by atoms with Crippen molar-refractivity contribution in [2.45, 2.75) is 13.8 Å². The Balaban J connectivity index is 1.97. The molecule has 0 unspecified atom stereocenters. The highest BCUT2D eigenvalue weighted by molar-refractivity contribution is 5.95. The molecule has 0 fully saturated rings. The lowest BCUT2D eigenvalue weighted by molar-refractivity contribution is -0.141. The molecule has 214 valence electrons. The van der Waals surface area contributed by atoms with Crippen molar-refractivity contribution in [3.8, 4) is 17.2 Å². The second-order valence-corrected chi connectivity index (χ2v) is 8.34. The van der Waals surface area contributed by atoms with Gasteiger partial charge in [0.1, 0.15) is 38.8 Å². The average molecular weight is 547 g/mol. The second-order valence-electron chi connectivity index (χ2n) is 8.34. The number of esters is 2. The lowest BCUT2D eigenvalue weighted by atomic mass is 10.1. The Morgan fingerprint density at radius 1 is 0.641 bits per heavy atom. The molecule has 0 atom stereocenters. The summed E-state index contributed by atoms with van der Waals surface area (Å²) in [5, 5.41) is 1.65. The number of methoxy groups -OCH3 is 1. The second kappa shape index (κ2) is 17.8. The predicted molar refractivity (Wildman–Crippen MR) is 145 cm³/mol. The normalized spacial score (nSPS) is 10.6. The third-order valence-electron chi connectivity index (χ3n) is 5.05. The molecule has 0 aliphatic heterocycles. The zero-order valence-corrected chi connectivity index (χ0v) is 23.0. The summed E-state index contributed by atoms with van der Waals surface area (Å²) in [5.41, 5.74) is 0.683. The maximum atomic E-state index is 11.4. The molecule has 10 heteroatoms. The number of carbonyl (C=O) groups is 2. The van der Waals surface area contributed by atoms with Crippen molar-refractivity contribution >= 4 is 22.7 Å². The maximum absolute atomic E-state index is 11.4. The molecule has 0 aromatic heterocycles. The molecular formula is C29H38O10. The molecule has 0 saturated heterocycles. The van der Waals surface area contributed by atoms with Gasteiger partial charge in [0.15, 0.2) is 11.5 Å². The fraction of sp³-hybridized carbons (Fsp3) is 0.448. The van der Waals surface area contributed by atoms with E-state index in [1.54, 1.807) is 27.0 Å². The summed E-state index contributed by atoms with van der Waals surface area (Å²) in [6.45, 7) is 12.9. The van der Waals surface area contributed by atoms with E-state index >= 15 is 0 Å². The van der Waals surface area contributed by atoms with Crippen LogP contribution in [-0.2, 0) is 33.3 Å². The largest absolute Gasteiger partial charge is 0.490 e. The Kier molecular flexibility index (Phi) is 14.5. The van der Waals surface area contributed by atoms with E-state index in [1.807, 2.05) is 24.3 Å². The highest BCUT2D eigenvalue weighted by Gasteiger charge is 2.16. The van der Waals surface area contributed by atoms with Crippen LogP contribution >= 0.6 is 0 Å². The van der Waals surface area contributed by atoms with Gasteiger partial charge in [0.05, 0.1) is 33.0 Å². The van der Waals surface area contributed by atoms with Crippen LogP contribution in [0.1, 0.15) is 13.8 Å². The van der Waals surface area contributed by atoms with Crippen molar-refractivity contribution in [3.63, 3.8) is 0 Å². The molecule has 39 heavy (non-hydrogen) atoms. The molecular weight excluding hydrogens is 508 g/mol. The highest BCUT2D eigenvalue weighted by atomic mass is 16.6. The number of rotatable bonds is 20. The average Bonchev–Trinajstić information content (AvgIpc) is 2.92. The molecule has 0 amide bonds. The SMILES string of the molecule is C=C(C)C(=O)OCCOCCOc1cc(OCCOC)c(OCCOCCOC(=O)C(=C)C)c2ccccc12. The van der Waals surface area contributed by atoms with Crippen molar-refractivity contribution in [3.05, 3.63) is 54.6 Å². The Hall–Kier alpha value is -3.60. The van der Waals surface area contributed by atoms with Crippen LogP contribution in [-0.4, -0.2) is 85.1 Å². The molecule has 2 aromatic rings. The Labute approximate surface area is 229 Å². The van der Waals surface area contributed by atoms with E-state index in [4.69, 9.17) is 37.9 Å². The summed E-state index contributed by atoms with van der Waals surface area (Å²) in [5.74, 6) is 0.779. The van der Waals surface area contributed by atoms with Gasteiger partial charge < -0.3 is 37.9 Å². The van der Waals surface area contributed by atoms with Crippen LogP contribution < -0.4 is 14.2 Å². The van der Waals surface area contributed by atoms with Crippen molar-refractivity contribution in [2.75, 3.05) is 73.2 Å². The lowest BCUT2D eigenvalue weighted by Crippen LogP contribution is -2.15. The predicted octanol–water partition coefficient (Wildman–Crippen LogP) is 3.89. The van der Waals surface area contributed by atoms with Gasteiger partial charge in [-0.1, -0.05) is 37.4 Å². The van der Waals surface area contributed by atoms with E-state index in [2.05, 4.69) is 13.2 Å². The molecule has 0 heterocycles. The Morgan fingerprint density at radius 3 is 1.69 bits per heavy atom. The van der Waals surface area contributed by atoms with Crippen LogP contribution in [0.2, 0.25) is 0 Å². The number of fused-ring (bicyclic) bond motifs is 1. The zero-order chi connectivity index (χ0) is 28.5. The fourth-order valence-corrected chi connectivity index (χ4v) is 3.15. The van der Waals surface area contributed by atoms with Crippen molar-refractivity contribution < 1.29 is 47.5 Å². The molecule has 0 radical (unpaired) electrons. The third-order valence-corrected chi connectivity index (χ3v) is 5.05. The first-order valence-corrected chi connectivity index (χ1v) is 12.6. The molecule has 2 aromatic carbocycles. The van der Waals surface area contributed by atoms with Gasteiger partial charge >= 0.3 is 11.9 Å². The molecule has 0 saturated carbocycles. The van der Waals surface area contributed by atoms with Crippen molar-refractivity contribution in [1.29, 1.82) is 0 Å². The van der Waals surface area contributed by atoms with E-state index in [-0.39, 0.29) is 46.2 Å². The van der Waals surface area contributed by atoms with Crippen LogP contribution in [0.4, 0.5) is 0 Å². The van der Waals surface area contributed by atoms with Crippen LogP contribution in [0.5, 0.6) is 17.2 Å². The van der Waals surface area contributed by atoms with Gasteiger partial charge in [-0.25, -0.2) is 9.59 Å². The number of hydrogen-bond donors (Lipinski definition) is 0. The van der Waals surface area contributed by atoms with Crippen LogP contribution in [0.3, 0.4) is 0 Å². The molecule has 0 spiro atoms. The minimum Gasteiger partial charge on any atom is -0.490 e. The van der Waals surface area contributed by atoms with Crippen LogP contribution in [0.25, 0.3) is 10.8 Å². The third kappa shape index (κ3) is 11.4. The van der Waals surface area contributed by atoms with Gasteiger partial charge in [0.2, 0.25) is 0 Å². The number of ether oxygens (including phenoxy) is 8. The van der Waals surface area contributed by atoms with Gasteiger partial charge in [0, 0.05) is 35.1 Å². The smallest absolute Gasteiger partial charge is 0.333 e. The van der Waals surface area contributed by atoms with E-state index in [9.17, 15) is 9.59 Å². The first-order chi connectivity index (χ1) is 18.8. The van der Waals surface area contributed by atoms with E-state index in [1.165, 1.54) is 0 Å². The summed E-state index contributed by atoms with van der Waals surface area (Å²) in [6, 6.07) is 9.44. The monoisotopic (exact) mass is 546 g/mol. The molecule has 0 bridgehead atoms. The summed E-state index contributed by atoms with van der Waals surface area (Å²) in [4.78, 5) is 22.8. The number of carbonyl (C=O) groups excluding carboxylic acids is 2. The molecule has 0 aliphatic carbocycles. The number of benzene rings is 2. The number of hydrogen-bond acceptors (Lipinski definition) is 10. The fourth-order valence-electron chi connectivity index (χ4n) is 3.15. The summed E-state index contributed by atoms with van der Waals surface area (Å²) in [7, 11) is 1.60. The molecule has 2 rings (SSSR count). The summed E-state index contributed by atoms with van der Waals surface area (Å²) in [6.07, 6.45) is 0. The molecule has 10 nitrogen and oxygen atoms in total. The van der Waals surface area contributed by atoms with Crippen molar-refractivity contribution in [2.24, 2.45) is 0 Å². The quantitative estimate of drug-likeness (QED) is 0.138. The van der Waals surface area contributed by atoms with Gasteiger partial charge in [-0.05, 0) is 13.8 Å². The van der Waals surface area contributed by atoms with E-state index < -0.39 is 11.9 Å². The highest BCUT2D eigenvalue weighted by Crippen LogP contribution is 2.41. The minimum atomic E-state index is -0.447. The molecule has 0 aliphatic rings. The summed E-state index contributed by atoms with van der Waals surface area (Å²) >= 11 is 0. The lowest BCUT2D eigenvalue weighted by Gasteiger charge is -2.18. The van der Waals surface area contributed by atoms with Gasteiger partial charge in [-0.3, -0.25) is 0 Å².